The van der Waals surface area contributed by atoms with Gasteiger partial charge in [0, 0.05) is 13.1 Å². The number of nitrogens with one attached hydrogen (secondary N) is 1. The van der Waals surface area contributed by atoms with Crippen molar-refractivity contribution in [2.75, 3.05) is 40.0 Å². The van der Waals surface area contributed by atoms with E-state index >= 15 is 0 Å². The zero-order valence-electron chi connectivity index (χ0n) is 17.7. The number of methoxy groups -OCH3 is 1. The molecule has 1 amide bonds. The van der Waals surface area contributed by atoms with Crippen LogP contribution in [0, 0.1) is 0 Å². The molecule has 4 rings (SSSR count). The zero-order valence-corrected chi connectivity index (χ0v) is 18.5. The van der Waals surface area contributed by atoms with Gasteiger partial charge in [0.15, 0.2) is 18.1 Å². The lowest BCUT2D eigenvalue weighted by Gasteiger charge is -2.26. The molecule has 1 aliphatic rings. The molecule has 1 fully saturated rings. The maximum Gasteiger partial charge on any atom is 0.349 e. The van der Waals surface area contributed by atoms with Gasteiger partial charge in [-0.25, -0.2) is 4.79 Å². The summed E-state index contributed by atoms with van der Waals surface area (Å²) < 4.78 is 17.0. The second kappa shape index (κ2) is 9.88. The van der Waals surface area contributed by atoms with Gasteiger partial charge >= 0.3 is 5.69 Å². The lowest BCUT2D eigenvalue weighted by atomic mass is 10.2. The summed E-state index contributed by atoms with van der Waals surface area (Å²) in [6.45, 7) is 1.80. The first-order valence-electron chi connectivity index (χ1n) is 10.1. The molecule has 1 N–H and O–H groups in total. The summed E-state index contributed by atoms with van der Waals surface area (Å²) in [6, 6.07) is 9.76. The van der Waals surface area contributed by atoms with Crippen LogP contribution in [0.5, 0.6) is 11.5 Å². The van der Waals surface area contributed by atoms with E-state index in [-0.39, 0.29) is 29.0 Å². The third kappa shape index (κ3) is 4.91. The fourth-order valence-electron chi connectivity index (χ4n) is 3.37. The summed E-state index contributed by atoms with van der Waals surface area (Å²) in [7, 11) is 1.43. The number of H-pyrrole nitrogens is 1. The number of rotatable bonds is 6. The molecule has 33 heavy (non-hydrogen) atoms. The van der Waals surface area contributed by atoms with Crippen molar-refractivity contribution >= 4 is 34.6 Å². The van der Waals surface area contributed by atoms with E-state index in [9.17, 15) is 14.4 Å². The molecule has 0 radical (unpaired) electrons. The van der Waals surface area contributed by atoms with Crippen LogP contribution >= 0.6 is 11.6 Å². The van der Waals surface area contributed by atoms with E-state index in [1.165, 1.54) is 19.4 Å². The van der Waals surface area contributed by atoms with E-state index in [2.05, 4.69) is 10.1 Å². The third-order valence-electron chi connectivity index (χ3n) is 5.06. The summed E-state index contributed by atoms with van der Waals surface area (Å²) in [4.78, 5) is 41.5. The molecular weight excluding hydrogens is 452 g/mol. The van der Waals surface area contributed by atoms with Gasteiger partial charge in [-0.3, -0.25) is 9.59 Å². The molecule has 0 aliphatic carbocycles. The van der Waals surface area contributed by atoms with E-state index in [1.54, 1.807) is 35.2 Å². The van der Waals surface area contributed by atoms with Gasteiger partial charge in [-0.1, -0.05) is 23.7 Å². The average Bonchev–Trinajstić information content (AvgIpc) is 2.83. The van der Waals surface area contributed by atoms with E-state index < -0.39 is 11.2 Å². The number of ether oxygens (including phenoxy) is 3. The molecule has 11 heteroatoms. The summed E-state index contributed by atoms with van der Waals surface area (Å²) in [5.41, 5.74) is -0.334. The zero-order chi connectivity index (χ0) is 23.4. The minimum Gasteiger partial charge on any atom is -0.493 e. The smallest absolute Gasteiger partial charge is 0.349 e. The van der Waals surface area contributed by atoms with Crippen molar-refractivity contribution in [1.82, 2.24) is 14.6 Å². The van der Waals surface area contributed by atoms with Gasteiger partial charge in [-0.2, -0.15) is 5.10 Å². The predicted molar refractivity (Wildman–Crippen MR) is 123 cm³/mol. The van der Waals surface area contributed by atoms with Gasteiger partial charge in [-0.05, 0) is 29.8 Å². The van der Waals surface area contributed by atoms with E-state index in [0.29, 0.717) is 42.8 Å². The van der Waals surface area contributed by atoms with E-state index in [0.717, 1.165) is 4.68 Å². The summed E-state index contributed by atoms with van der Waals surface area (Å²) >= 11 is 6.36. The van der Waals surface area contributed by atoms with Crippen LogP contribution in [0.1, 0.15) is 5.56 Å². The van der Waals surface area contributed by atoms with Crippen LogP contribution in [0.3, 0.4) is 0 Å². The van der Waals surface area contributed by atoms with Gasteiger partial charge in [0.25, 0.3) is 11.5 Å². The number of aromatic amines is 1. The van der Waals surface area contributed by atoms with Gasteiger partial charge in [0.1, 0.15) is 0 Å². The number of benzene rings is 2. The van der Waals surface area contributed by atoms with Crippen LogP contribution in [0.15, 0.2) is 51.1 Å². The van der Waals surface area contributed by atoms with Gasteiger partial charge < -0.3 is 24.1 Å². The quantitative estimate of drug-likeness (QED) is 0.543. The lowest BCUT2D eigenvalue weighted by Crippen LogP contribution is -2.43. The maximum atomic E-state index is 12.6. The number of aromatic nitrogens is 2. The fraction of sp³-hybridized carbons (Fsp3) is 0.273. The van der Waals surface area contributed by atoms with Crippen molar-refractivity contribution in [1.29, 1.82) is 0 Å². The molecule has 172 valence electrons. The van der Waals surface area contributed by atoms with Crippen molar-refractivity contribution in [3.63, 3.8) is 0 Å². The topological polar surface area (TPSA) is 115 Å². The Morgan fingerprint density at radius 3 is 2.76 bits per heavy atom. The fourth-order valence-corrected chi connectivity index (χ4v) is 3.65. The Bertz CT molecular complexity index is 1330. The van der Waals surface area contributed by atoms with E-state index in [1.807, 2.05) is 0 Å². The number of hydrogen-bond acceptors (Lipinski definition) is 7. The highest BCUT2D eigenvalue weighted by atomic mass is 35.5. The number of carbonyl (C=O) groups is 1. The summed E-state index contributed by atoms with van der Waals surface area (Å²) in [6.07, 6.45) is 1.31. The summed E-state index contributed by atoms with van der Waals surface area (Å²) in [5, 5.41) is 4.53. The monoisotopic (exact) mass is 472 g/mol. The first kappa shape index (κ1) is 22.6. The standard InChI is InChI=1S/C22H21ClN4O6/c1-31-18-11-14(10-16(23)20(18)33-13-19(28)26-6-8-32-9-7-26)12-24-27-21(29)15-4-2-3-5-17(15)25-22(27)30/h2-5,10-12H,6-9,13H2,1H3,(H,25,30). The van der Waals surface area contributed by atoms with Gasteiger partial charge in [0.2, 0.25) is 0 Å². The number of para-hydroxylation sites is 1. The number of morpholine rings is 1. The van der Waals surface area contributed by atoms with Crippen LogP contribution in [-0.4, -0.2) is 66.7 Å². The molecule has 0 unspecified atom stereocenters. The van der Waals surface area contributed by atoms with E-state index in [4.69, 9.17) is 25.8 Å². The Kier molecular flexibility index (Phi) is 6.76. The Balaban J connectivity index is 1.56. The second-order valence-corrected chi connectivity index (χ2v) is 7.56. The second-order valence-electron chi connectivity index (χ2n) is 7.15. The van der Waals surface area contributed by atoms with Crippen LogP contribution in [0.4, 0.5) is 0 Å². The van der Waals surface area contributed by atoms with Crippen molar-refractivity contribution < 1.29 is 19.0 Å². The number of fused-ring (bicyclic) bond motifs is 1. The normalized spacial score (nSPS) is 14.1. The van der Waals surface area contributed by atoms with Gasteiger partial charge in [0.05, 0.1) is 42.5 Å². The molecule has 3 aromatic rings. The molecular formula is C22H21ClN4O6. The molecule has 0 atom stereocenters. The number of carbonyl (C=O) groups excluding carboxylic acids is 1. The highest BCUT2D eigenvalue weighted by molar-refractivity contribution is 6.32. The van der Waals surface area contributed by atoms with Crippen LogP contribution in [0.2, 0.25) is 5.02 Å². The Morgan fingerprint density at radius 1 is 1.24 bits per heavy atom. The molecule has 0 spiro atoms. The minimum atomic E-state index is -0.672. The predicted octanol–water partition coefficient (Wildman–Crippen LogP) is 1.47. The highest BCUT2D eigenvalue weighted by Gasteiger charge is 2.19. The Labute approximate surface area is 192 Å². The molecule has 10 nitrogen and oxygen atoms in total. The lowest BCUT2D eigenvalue weighted by molar-refractivity contribution is -0.137. The van der Waals surface area contributed by atoms with Crippen LogP contribution < -0.4 is 20.7 Å². The number of hydrogen-bond donors (Lipinski definition) is 1. The molecule has 0 saturated carbocycles. The highest BCUT2D eigenvalue weighted by Crippen LogP contribution is 2.36. The average molecular weight is 473 g/mol. The molecule has 2 heterocycles. The molecule has 1 saturated heterocycles. The van der Waals surface area contributed by atoms with Crippen molar-refractivity contribution in [3.05, 3.63) is 67.8 Å². The van der Waals surface area contributed by atoms with Gasteiger partial charge in [-0.15, -0.1) is 4.68 Å². The first-order valence-corrected chi connectivity index (χ1v) is 10.5. The summed E-state index contributed by atoms with van der Waals surface area (Å²) in [5.74, 6) is 0.300. The Morgan fingerprint density at radius 2 is 2.00 bits per heavy atom. The van der Waals surface area contributed by atoms with Crippen molar-refractivity contribution in [2.45, 2.75) is 0 Å². The first-order chi connectivity index (χ1) is 16.0. The number of amides is 1. The largest absolute Gasteiger partial charge is 0.493 e. The number of halogens is 1. The molecule has 1 aromatic heterocycles. The Hall–Kier alpha value is -3.63. The third-order valence-corrected chi connectivity index (χ3v) is 5.34. The number of nitrogens with zero attached hydrogens (tertiary/aromatic N) is 3. The minimum absolute atomic E-state index is 0.183. The van der Waals surface area contributed by atoms with Crippen LogP contribution in [-0.2, 0) is 9.53 Å². The maximum absolute atomic E-state index is 12.6. The molecule has 2 aromatic carbocycles. The van der Waals surface area contributed by atoms with Crippen LogP contribution in [0.25, 0.3) is 10.9 Å². The SMILES string of the molecule is COc1cc(C=Nn2c(=O)[nH]c3ccccc3c2=O)cc(Cl)c1OCC(=O)N1CCOCC1. The van der Waals surface area contributed by atoms with Crippen molar-refractivity contribution in [3.8, 4) is 11.5 Å². The van der Waals surface area contributed by atoms with Crippen molar-refractivity contribution in [2.24, 2.45) is 5.10 Å². The molecule has 1 aliphatic heterocycles. The molecule has 0 bridgehead atoms.